The van der Waals surface area contributed by atoms with E-state index in [1.54, 1.807) is 6.92 Å². The van der Waals surface area contributed by atoms with E-state index in [-0.39, 0.29) is 23.9 Å². The van der Waals surface area contributed by atoms with Gasteiger partial charge in [0.1, 0.15) is 11.9 Å². The number of carbonyl (C=O) groups excluding carboxylic acids is 1. The van der Waals surface area contributed by atoms with Crippen molar-refractivity contribution in [3.05, 3.63) is 47.2 Å². The van der Waals surface area contributed by atoms with Gasteiger partial charge in [0.15, 0.2) is 0 Å². The monoisotopic (exact) mass is 304 g/mol. The van der Waals surface area contributed by atoms with Crippen LogP contribution in [0.3, 0.4) is 0 Å². The van der Waals surface area contributed by atoms with Crippen molar-refractivity contribution in [3.63, 3.8) is 0 Å². The zero-order chi connectivity index (χ0) is 16.1. The first kappa shape index (κ1) is 16.6. The summed E-state index contributed by atoms with van der Waals surface area (Å²) in [7, 11) is 0. The maximum atomic E-state index is 11.7. The lowest BCUT2D eigenvalue weighted by atomic mass is 9.91. The Labute approximate surface area is 131 Å². The number of ether oxygens (including phenoxy) is 2. The molecule has 4 nitrogen and oxygen atoms in total. The Morgan fingerprint density at radius 3 is 2.64 bits per heavy atom. The second-order valence-corrected chi connectivity index (χ2v) is 5.82. The van der Waals surface area contributed by atoms with Crippen LogP contribution in [0.25, 0.3) is 0 Å². The number of aliphatic hydroxyl groups excluding tert-OH is 1. The normalized spacial score (nSPS) is 21.4. The zero-order valence-electron chi connectivity index (χ0n) is 13.4. The lowest BCUT2D eigenvalue weighted by Gasteiger charge is -2.32. The van der Waals surface area contributed by atoms with Crippen LogP contribution >= 0.6 is 0 Å². The van der Waals surface area contributed by atoms with Gasteiger partial charge in [-0.1, -0.05) is 44.2 Å². The average molecular weight is 304 g/mol. The first-order valence-electron chi connectivity index (χ1n) is 7.78. The van der Waals surface area contributed by atoms with Gasteiger partial charge in [-0.2, -0.15) is 0 Å². The van der Waals surface area contributed by atoms with E-state index in [1.165, 1.54) is 0 Å². The van der Waals surface area contributed by atoms with E-state index in [0.29, 0.717) is 18.6 Å². The molecule has 22 heavy (non-hydrogen) atoms. The molecule has 0 aromatic heterocycles. The first-order chi connectivity index (χ1) is 10.5. The summed E-state index contributed by atoms with van der Waals surface area (Å²) in [4.78, 5) is 11.7. The molecule has 1 aromatic rings. The molecule has 3 atom stereocenters. The summed E-state index contributed by atoms with van der Waals surface area (Å²) in [5.41, 5.74) is 1.43. The average Bonchev–Trinajstić information content (AvgIpc) is 2.53. The molecule has 0 aliphatic carbocycles. The number of aliphatic hydroxyl groups is 1. The Balaban J connectivity index is 1.97. The van der Waals surface area contributed by atoms with Crippen LogP contribution in [0.1, 0.15) is 39.2 Å². The molecule has 1 aromatic carbocycles. The minimum absolute atomic E-state index is 0.0212. The number of benzene rings is 1. The van der Waals surface area contributed by atoms with Crippen molar-refractivity contribution in [2.45, 2.75) is 52.4 Å². The largest absolute Gasteiger partial charge is 0.512 e. The lowest BCUT2D eigenvalue weighted by Crippen LogP contribution is -2.37. The molecule has 4 heteroatoms. The molecule has 0 amide bonds. The summed E-state index contributed by atoms with van der Waals surface area (Å²) in [5.74, 6) is -0.280. The Morgan fingerprint density at radius 2 is 2.05 bits per heavy atom. The van der Waals surface area contributed by atoms with Gasteiger partial charge in [-0.3, -0.25) is 0 Å². The van der Waals surface area contributed by atoms with Crippen molar-refractivity contribution in [2.75, 3.05) is 0 Å². The van der Waals surface area contributed by atoms with Crippen molar-refractivity contribution in [2.24, 2.45) is 5.92 Å². The third kappa shape index (κ3) is 3.89. The van der Waals surface area contributed by atoms with E-state index in [4.69, 9.17) is 9.47 Å². The highest BCUT2D eigenvalue weighted by atomic mass is 16.6. The summed E-state index contributed by atoms with van der Waals surface area (Å²) in [5, 5.41) is 9.87. The number of hydrogen-bond acceptors (Lipinski definition) is 4. The van der Waals surface area contributed by atoms with Crippen molar-refractivity contribution < 1.29 is 19.4 Å². The SMILES string of the molecule is CC[C@@H](OCc1ccccc1)[C@H](C)[C@@H]1CC(O)=C(C)C(=O)O1. The summed E-state index contributed by atoms with van der Waals surface area (Å²) in [6, 6.07) is 9.99. The fourth-order valence-corrected chi connectivity index (χ4v) is 2.68. The molecule has 1 aliphatic heterocycles. The van der Waals surface area contributed by atoms with Gasteiger partial charge in [-0.05, 0) is 18.9 Å². The lowest BCUT2D eigenvalue weighted by molar-refractivity contribution is -0.153. The van der Waals surface area contributed by atoms with Gasteiger partial charge < -0.3 is 14.6 Å². The minimum atomic E-state index is -0.432. The van der Waals surface area contributed by atoms with E-state index < -0.39 is 5.97 Å². The quantitative estimate of drug-likeness (QED) is 0.813. The summed E-state index contributed by atoms with van der Waals surface area (Å²) in [6.07, 6.45) is 0.830. The topological polar surface area (TPSA) is 55.8 Å². The Kier molecular flexibility index (Phi) is 5.61. The van der Waals surface area contributed by atoms with Gasteiger partial charge in [-0.15, -0.1) is 0 Å². The molecule has 0 unspecified atom stereocenters. The van der Waals surface area contributed by atoms with E-state index in [0.717, 1.165) is 12.0 Å². The smallest absolute Gasteiger partial charge is 0.337 e. The van der Waals surface area contributed by atoms with E-state index in [9.17, 15) is 9.90 Å². The van der Waals surface area contributed by atoms with E-state index in [2.05, 4.69) is 6.92 Å². The van der Waals surface area contributed by atoms with Crippen LogP contribution in [0.2, 0.25) is 0 Å². The molecule has 1 heterocycles. The van der Waals surface area contributed by atoms with Crippen molar-refractivity contribution >= 4 is 5.97 Å². The predicted octanol–water partition coefficient (Wildman–Crippen LogP) is 3.77. The van der Waals surface area contributed by atoms with Crippen LogP contribution < -0.4 is 0 Å². The fraction of sp³-hybridized carbons (Fsp3) is 0.500. The van der Waals surface area contributed by atoms with Crippen LogP contribution in [-0.4, -0.2) is 23.3 Å². The highest BCUT2D eigenvalue weighted by Crippen LogP contribution is 2.28. The summed E-state index contributed by atoms with van der Waals surface area (Å²) < 4.78 is 11.4. The second kappa shape index (κ2) is 7.45. The van der Waals surface area contributed by atoms with Crippen LogP contribution in [0, 0.1) is 5.92 Å². The zero-order valence-corrected chi connectivity index (χ0v) is 13.4. The maximum absolute atomic E-state index is 11.7. The molecular formula is C18H24O4. The standard InChI is InChI=1S/C18H24O4/c1-4-16(21-11-14-8-6-5-7-9-14)13(3)17-10-15(19)12(2)18(20)22-17/h5-9,13,16-17,19H,4,10-11H2,1-3H3/t13-,16+,17-/m0/s1. The molecule has 1 aliphatic rings. The van der Waals surface area contributed by atoms with Crippen molar-refractivity contribution in [1.29, 1.82) is 0 Å². The number of hydrogen-bond donors (Lipinski definition) is 1. The third-order valence-electron chi connectivity index (χ3n) is 4.27. The van der Waals surface area contributed by atoms with Gasteiger partial charge in [0.25, 0.3) is 0 Å². The van der Waals surface area contributed by atoms with Crippen LogP contribution in [0.5, 0.6) is 0 Å². The molecule has 2 rings (SSSR count). The molecule has 0 spiro atoms. The Bertz CT molecular complexity index is 535. The van der Waals surface area contributed by atoms with Gasteiger partial charge >= 0.3 is 5.97 Å². The van der Waals surface area contributed by atoms with E-state index in [1.807, 2.05) is 37.3 Å². The summed E-state index contributed by atoms with van der Waals surface area (Å²) >= 11 is 0. The van der Waals surface area contributed by atoms with E-state index >= 15 is 0 Å². The minimum Gasteiger partial charge on any atom is -0.512 e. The molecule has 0 saturated heterocycles. The fourth-order valence-electron chi connectivity index (χ4n) is 2.68. The highest BCUT2D eigenvalue weighted by Gasteiger charge is 2.34. The maximum Gasteiger partial charge on any atom is 0.337 e. The molecule has 0 fully saturated rings. The van der Waals surface area contributed by atoms with Gasteiger partial charge in [0, 0.05) is 12.3 Å². The van der Waals surface area contributed by atoms with Crippen molar-refractivity contribution in [3.8, 4) is 0 Å². The van der Waals surface area contributed by atoms with Crippen LogP contribution in [0.4, 0.5) is 0 Å². The van der Waals surface area contributed by atoms with Gasteiger partial charge in [-0.25, -0.2) is 4.79 Å². The molecule has 1 N–H and O–H groups in total. The highest BCUT2D eigenvalue weighted by molar-refractivity contribution is 5.89. The Hall–Kier alpha value is -1.81. The number of cyclic esters (lactones) is 1. The molecule has 0 bridgehead atoms. The second-order valence-electron chi connectivity index (χ2n) is 5.82. The number of carbonyl (C=O) groups is 1. The molecular weight excluding hydrogens is 280 g/mol. The Morgan fingerprint density at radius 1 is 1.36 bits per heavy atom. The van der Waals surface area contributed by atoms with Crippen LogP contribution in [-0.2, 0) is 20.9 Å². The molecule has 120 valence electrons. The third-order valence-corrected chi connectivity index (χ3v) is 4.27. The predicted molar refractivity (Wildman–Crippen MR) is 84.3 cm³/mol. The van der Waals surface area contributed by atoms with Gasteiger partial charge in [0.2, 0.25) is 0 Å². The van der Waals surface area contributed by atoms with Gasteiger partial charge in [0.05, 0.1) is 18.3 Å². The summed E-state index contributed by atoms with van der Waals surface area (Å²) in [6.45, 7) is 6.18. The first-order valence-corrected chi connectivity index (χ1v) is 7.78. The number of rotatable bonds is 6. The van der Waals surface area contributed by atoms with Crippen molar-refractivity contribution in [1.82, 2.24) is 0 Å². The molecule has 0 saturated carbocycles. The molecule has 0 radical (unpaired) electrons. The number of esters is 1. The van der Waals surface area contributed by atoms with Crippen LogP contribution in [0.15, 0.2) is 41.7 Å².